The third kappa shape index (κ3) is 22.7. The van der Waals surface area contributed by atoms with Gasteiger partial charge in [0.1, 0.15) is 23.6 Å². The summed E-state index contributed by atoms with van der Waals surface area (Å²) in [6.07, 6.45) is 9.79. The van der Waals surface area contributed by atoms with Gasteiger partial charge < -0.3 is 72.9 Å². The Bertz CT molecular complexity index is 3020. The topological polar surface area (TPSA) is 327 Å². The Kier molecular flexibility index (Phi) is 30.8. The van der Waals surface area contributed by atoms with E-state index in [1.54, 1.807) is 11.6 Å². The largest absolute Gasteiger partial charge is 0.494 e. The number of amides is 2. The number of aliphatic hydroxyl groups excluding tert-OH is 2. The van der Waals surface area contributed by atoms with Crippen molar-refractivity contribution in [1.29, 1.82) is 5.26 Å². The summed E-state index contributed by atoms with van der Waals surface area (Å²) in [7, 11) is 1.43. The SMILES string of the molecule is COc1cnc(-n2cnc(C(=O)NCCCC(CO)(CO)CCCN3CCN(CCOCCOCCOCCOCc4cn(CCOCCOCCOCCOCCC(C)=O)nn4)CC3)n2)c2[nH]cc(C(=O)C(=O)N3CCC(=C(C#N)c4ccccc4)CC3)c12. The number of hydrogen-bond acceptors (Lipinski definition) is 23. The molecule has 28 heteroatoms. The van der Waals surface area contributed by atoms with Gasteiger partial charge in [-0.3, -0.25) is 24.1 Å². The number of Topliss-reactive ketones (excluding diaryl/α,β-unsaturated/α-hetero) is 2. The summed E-state index contributed by atoms with van der Waals surface area (Å²) in [6.45, 7) is 15.3. The van der Waals surface area contributed by atoms with Crippen molar-refractivity contribution < 1.29 is 72.0 Å². The summed E-state index contributed by atoms with van der Waals surface area (Å²) in [6, 6.07) is 11.7. The van der Waals surface area contributed by atoms with Gasteiger partial charge in [0.25, 0.3) is 17.6 Å². The number of piperidine rings is 1. The van der Waals surface area contributed by atoms with Crippen molar-refractivity contribution in [3.05, 3.63) is 83.5 Å². The first kappa shape index (κ1) is 70.5. The predicted octanol–water partition coefficient (Wildman–Crippen LogP) is 2.72. The first-order valence-electron chi connectivity index (χ1n) is 31.0. The van der Waals surface area contributed by atoms with Gasteiger partial charge >= 0.3 is 0 Å². The van der Waals surface area contributed by atoms with Crippen molar-refractivity contribution in [3.8, 4) is 17.6 Å². The van der Waals surface area contributed by atoms with Gasteiger partial charge in [0.15, 0.2) is 5.82 Å². The Morgan fingerprint density at radius 3 is 1.92 bits per heavy atom. The van der Waals surface area contributed by atoms with Crippen LogP contribution in [0, 0.1) is 16.7 Å². The van der Waals surface area contributed by atoms with Crippen molar-refractivity contribution in [1.82, 2.24) is 59.7 Å². The number of nitrogens with zero attached hydrogens (tertiary/aromatic N) is 11. The summed E-state index contributed by atoms with van der Waals surface area (Å²) in [5.74, 6) is -1.46. The summed E-state index contributed by atoms with van der Waals surface area (Å²) in [5.41, 5.74) is 2.82. The average Bonchev–Trinajstić information content (AvgIpc) is 1.87. The first-order valence-corrected chi connectivity index (χ1v) is 31.0. The van der Waals surface area contributed by atoms with Crippen LogP contribution in [0.15, 0.2) is 60.8 Å². The zero-order chi connectivity index (χ0) is 63.6. The number of aromatic amines is 1. The van der Waals surface area contributed by atoms with Crippen molar-refractivity contribution >= 4 is 39.9 Å². The minimum atomic E-state index is -0.734. The molecule has 6 heterocycles. The minimum Gasteiger partial charge on any atom is -0.494 e. The number of piperazine rings is 1. The van der Waals surface area contributed by atoms with Crippen LogP contribution >= 0.6 is 0 Å². The lowest BCUT2D eigenvalue weighted by atomic mass is 9.80. The van der Waals surface area contributed by atoms with Crippen molar-refractivity contribution in [2.45, 2.75) is 65.0 Å². The van der Waals surface area contributed by atoms with E-state index in [2.05, 4.69) is 51.5 Å². The summed E-state index contributed by atoms with van der Waals surface area (Å²) in [4.78, 5) is 69.7. The predicted molar refractivity (Wildman–Crippen MR) is 328 cm³/mol. The number of methoxy groups -OCH3 is 1. The molecule has 2 saturated heterocycles. The number of hydrogen-bond donors (Lipinski definition) is 4. The Labute approximate surface area is 525 Å². The van der Waals surface area contributed by atoms with Gasteiger partial charge in [-0.2, -0.15) is 9.94 Å². The third-order valence-corrected chi connectivity index (χ3v) is 15.6. The van der Waals surface area contributed by atoms with E-state index < -0.39 is 23.0 Å². The Hall–Kier alpha value is -6.98. The number of likely N-dealkylation sites (tertiary alicyclic amines) is 1. The number of ether oxygens (including phenoxy) is 9. The highest BCUT2D eigenvalue weighted by atomic mass is 16.6. The molecule has 2 aliphatic rings. The molecule has 28 nitrogen and oxygen atoms in total. The number of nitrogens with one attached hydrogen (secondary N) is 2. The van der Waals surface area contributed by atoms with Crippen LogP contribution in [0.25, 0.3) is 22.3 Å². The van der Waals surface area contributed by atoms with Gasteiger partial charge in [0.05, 0.1) is 173 Å². The Morgan fingerprint density at radius 1 is 0.722 bits per heavy atom. The highest BCUT2D eigenvalue weighted by Crippen LogP contribution is 2.33. The molecule has 0 saturated carbocycles. The first-order chi connectivity index (χ1) is 44.0. The van der Waals surface area contributed by atoms with Crippen molar-refractivity contribution in [2.75, 3.05) is 178 Å². The zero-order valence-electron chi connectivity index (χ0n) is 52.1. The molecule has 0 radical (unpaired) electrons. The third-order valence-electron chi connectivity index (χ3n) is 15.6. The number of rotatable bonds is 45. The van der Waals surface area contributed by atoms with Crippen LogP contribution < -0.4 is 10.1 Å². The van der Waals surface area contributed by atoms with Gasteiger partial charge in [-0.15, -0.1) is 10.2 Å². The van der Waals surface area contributed by atoms with Crippen molar-refractivity contribution in [2.24, 2.45) is 5.41 Å². The summed E-state index contributed by atoms with van der Waals surface area (Å²) < 4.78 is 53.2. The van der Waals surface area contributed by atoms with E-state index in [1.165, 1.54) is 35.4 Å². The average molecular weight is 1260 g/mol. The highest BCUT2D eigenvalue weighted by Gasteiger charge is 2.32. The number of ketones is 2. The number of nitriles is 1. The number of carbonyl (C=O) groups excluding carboxylic acids is 4. The molecule has 0 bridgehead atoms. The number of carbonyl (C=O) groups is 4. The molecule has 2 amide bonds. The van der Waals surface area contributed by atoms with Gasteiger partial charge in [0, 0.05) is 70.4 Å². The maximum absolute atomic E-state index is 13.8. The molecule has 0 spiro atoms. The van der Waals surface area contributed by atoms with Crippen LogP contribution in [0.4, 0.5) is 0 Å². The fraction of sp³-hybridized carbons (Fsp3) is 0.613. The van der Waals surface area contributed by atoms with Crippen LogP contribution in [0.3, 0.4) is 0 Å². The van der Waals surface area contributed by atoms with Gasteiger partial charge in [-0.1, -0.05) is 35.5 Å². The number of H-pyrrole nitrogens is 1. The molecule has 4 N–H and O–H groups in total. The Balaban J connectivity index is 0.680. The number of fused-ring (bicyclic) bond motifs is 1. The Morgan fingerprint density at radius 2 is 1.31 bits per heavy atom. The van der Waals surface area contributed by atoms with E-state index in [4.69, 9.17) is 42.6 Å². The smallest absolute Gasteiger partial charge is 0.295 e. The standard InChI is InChI=1S/C62H89N13O15/c1-48(78)12-25-83-28-31-86-34-35-88-33-30-85-27-24-74-43-51(68-70-74)44-90-39-38-89-37-36-87-32-29-84-26-23-72-21-19-71(20-22-72)16-7-14-62(45-76,46-77)13-6-15-64-60(80)58-67-47-75(69-58)59-56-55(54(82-2)42-66-59)53(41-65-56)57(79)61(81)73-17-10-50(11-18-73)52(40-63)49-8-4-3-5-9-49/h3-5,8-9,41-43,47,65,76-77H,6-7,10-39,44-46H2,1-2H3,(H,64,80). The van der Waals surface area contributed by atoms with Gasteiger partial charge in [-0.25, -0.2) is 14.6 Å². The quantitative estimate of drug-likeness (QED) is 0.0188. The molecule has 0 atom stereocenters. The monoisotopic (exact) mass is 1260 g/mol. The summed E-state index contributed by atoms with van der Waals surface area (Å²) in [5, 5.41) is 46.6. The van der Waals surface area contributed by atoms with E-state index in [9.17, 15) is 34.7 Å². The number of pyridine rings is 1. The fourth-order valence-electron chi connectivity index (χ4n) is 10.4. The second-order valence-corrected chi connectivity index (χ2v) is 21.9. The van der Waals surface area contributed by atoms with Gasteiger partial charge in [-0.05, 0) is 63.1 Å². The lowest BCUT2D eigenvalue weighted by molar-refractivity contribution is -0.126. The minimum absolute atomic E-state index is 0.0898. The second kappa shape index (κ2) is 39.3. The molecule has 5 aromatic rings. The molecule has 2 fully saturated rings. The normalized spacial score (nSPS) is 14.1. The number of benzene rings is 1. The molecule has 4 aromatic heterocycles. The van der Waals surface area contributed by atoms with E-state index >= 15 is 0 Å². The maximum atomic E-state index is 13.8. The molecule has 0 unspecified atom stereocenters. The molecule has 492 valence electrons. The van der Waals surface area contributed by atoms with Crippen LogP contribution in [0.5, 0.6) is 5.75 Å². The molecule has 7 rings (SSSR count). The van der Waals surface area contributed by atoms with Crippen molar-refractivity contribution in [3.63, 3.8) is 0 Å². The lowest BCUT2D eigenvalue weighted by Gasteiger charge is -2.36. The van der Waals surface area contributed by atoms with Crippen LogP contribution in [-0.2, 0) is 60.6 Å². The highest BCUT2D eigenvalue weighted by molar-refractivity contribution is 6.45. The van der Waals surface area contributed by atoms with E-state index in [1.807, 2.05) is 36.5 Å². The lowest BCUT2D eigenvalue weighted by Crippen LogP contribution is -2.47. The fourth-order valence-corrected chi connectivity index (χ4v) is 10.4. The molecule has 0 aliphatic carbocycles. The van der Waals surface area contributed by atoms with Crippen LogP contribution in [0.1, 0.15) is 84.1 Å². The molecule has 90 heavy (non-hydrogen) atoms. The summed E-state index contributed by atoms with van der Waals surface area (Å²) >= 11 is 0. The molecular formula is C62H89N13O15. The van der Waals surface area contributed by atoms with E-state index in [0.717, 1.165) is 62.5 Å². The van der Waals surface area contributed by atoms with E-state index in [0.29, 0.717) is 167 Å². The van der Waals surface area contributed by atoms with E-state index in [-0.39, 0.29) is 61.6 Å². The van der Waals surface area contributed by atoms with Crippen LogP contribution in [-0.4, -0.2) is 266 Å². The molecule has 2 aliphatic heterocycles. The molecule has 1 aromatic carbocycles. The number of aliphatic hydroxyl groups is 2. The maximum Gasteiger partial charge on any atom is 0.295 e. The zero-order valence-corrected chi connectivity index (χ0v) is 52.1. The second-order valence-electron chi connectivity index (χ2n) is 21.9. The van der Waals surface area contributed by atoms with Crippen LogP contribution in [0.2, 0.25) is 0 Å². The number of aromatic nitrogens is 8. The number of allylic oxidation sites excluding steroid dienone is 1. The molecular weight excluding hydrogens is 1170 g/mol. The van der Waals surface area contributed by atoms with Gasteiger partial charge in [0.2, 0.25) is 5.82 Å².